The lowest BCUT2D eigenvalue weighted by Crippen LogP contribution is -2.52. The molecule has 0 bridgehead atoms. The van der Waals surface area contributed by atoms with E-state index in [1.165, 1.54) is 19.8 Å². The number of methoxy groups -OCH3 is 1. The smallest absolute Gasteiger partial charge is 0.296 e. The van der Waals surface area contributed by atoms with Crippen molar-refractivity contribution in [3.8, 4) is 23.1 Å². The molecule has 1 aliphatic rings. The predicted molar refractivity (Wildman–Crippen MR) is 146 cm³/mol. The number of nitrogens with one attached hydrogen (secondary N) is 1. The second-order valence-electron chi connectivity index (χ2n) is 9.31. The van der Waals surface area contributed by atoms with Gasteiger partial charge in [0.2, 0.25) is 5.88 Å². The van der Waals surface area contributed by atoms with E-state index < -0.39 is 18.6 Å². The van der Waals surface area contributed by atoms with Crippen LogP contribution in [0.4, 0.5) is 26.1 Å². The first-order valence-corrected chi connectivity index (χ1v) is 12.4. The Bertz CT molecular complexity index is 1550. The SMILES string of the molecule is COc1ccc2ncnc(Nc3ccc(Oc4cc(N=CN)ncn4)c(C)c3)c2c1O[C@@H]1CCN(C)CC1(F)F. The van der Waals surface area contributed by atoms with Crippen LogP contribution >= 0.6 is 0 Å². The van der Waals surface area contributed by atoms with Crippen molar-refractivity contribution in [3.05, 3.63) is 54.6 Å². The molecule has 208 valence electrons. The maximum Gasteiger partial charge on any atom is 0.296 e. The fourth-order valence-corrected chi connectivity index (χ4v) is 4.48. The third-order valence-corrected chi connectivity index (χ3v) is 6.41. The van der Waals surface area contributed by atoms with E-state index in [9.17, 15) is 8.78 Å². The third-order valence-electron chi connectivity index (χ3n) is 6.41. The Labute approximate surface area is 229 Å². The number of halogens is 2. The number of fused-ring (bicyclic) bond motifs is 1. The normalized spacial score (nSPS) is 17.2. The minimum Gasteiger partial charge on any atom is -0.493 e. The Kier molecular flexibility index (Phi) is 7.56. The molecular formula is C27H28F2N8O3. The van der Waals surface area contributed by atoms with E-state index in [4.69, 9.17) is 19.9 Å². The standard InChI is InChI=1S/C27H28F2N8O3/c1-16-10-17(4-6-19(16)39-23-11-22(31-13-30)33-15-34-23)36-26-24-18(32-14-35-26)5-7-20(38-3)25(24)40-21-8-9-37(2)12-27(21,28)29/h4-7,10-11,13-15,21H,8-9,12H2,1-3H3,(H,32,35,36)(H2,30,31,33,34)/t21-/m1/s1. The number of likely N-dealkylation sites (tertiary alicyclic amines) is 1. The third kappa shape index (κ3) is 5.69. The molecule has 3 N–H and O–H groups in total. The molecule has 11 nitrogen and oxygen atoms in total. The maximum atomic E-state index is 14.9. The van der Waals surface area contributed by atoms with Crippen LogP contribution in [0.15, 0.2) is 54.0 Å². The Morgan fingerprint density at radius 1 is 1.10 bits per heavy atom. The van der Waals surface area contributed by atoms with Gasteiger partial charge in [-0.25, -0.2) is 33.7 Å². The molecule has 0 amide bonds. The van der Waals surface area contributed by atoms with Crippen molar-refractivity contribution < 1.29 is 23.0 Å². The lowest BCUT2D eigenvalue weighted by molar-refractivity contribution is -0.135. The molecule has 1 aliphatic heterocycles. The number of anilines is 2. The number of aliphatic imine (C=N–C) groups is 1. The number of aryl methyl sites for hydroxylation is 1. The highest BCUT2D eigenvalue weighted by Crippen LogP contribution is 2.42. The van der Waals surface area contributed by atoms with Gasteiger partial charge in [-0.2, -0.15) is 0 Å². The molecule has 3 heterocycles. The molecular weight excluding hydrogens is 522 g/mol. The van der Waals surface area contributed by atoms with Crippen LogP contribution in [-0.4, -0.2) is 70.4 Å². The quantitative estimate of drug-likeness (QED) is 0.237. The number of aromatic nitrogens is 4. The van der Waals surface area contributed by atoms with E-state index in [0.717, 1.165) is 11.9 Å². The Morgan fingerprint density at radius 2 is 1.90 bits per heavy atom. The summed E-state index contributed by atoms with van der Waals surface area (Å²) >= 11 is 0. The minimum atomic E-state index is -3.04. The number of alkyl halides is 2. The van der Waals surface area contributed by atoms with Gasteiger partial charge in [0.1, 0.15) is 24.2 Å². The summed E-state index contributed by atoms with van der Waals surface area (Å²) in [4.78, 5) is 22.3. The van der Waals surface area contributed by atoms with Crippen LogP contribution in [0.25, 0.3) is 10.9 Å². The van der Waals surface area contributed by atoms with E-state index in [-0.39, 0.29) is 12.2 Å². The van der Waals surface area contributed by atoms with Crippen LogP contribution in [-0.2, 0) is 0 Å². The summed E-state index contributed by atoms with van der Waals surface area (Å²) in [6, 6.07) is 10.4. The molecule has 4 aromatic rings. The van der Waals surface area contributed by atoms with Crippen molar-refractivity contribution in [1.82, 2.24) is 24.8 Å². The highest BCUT2D eigenvalue weighted by Gasteiger charge is 2.46. The average molecular weight is 551 g/mol. The highest BCUT2D eigenvalue weighted by atomic mass is 19.3. The van der Waals surface area contributed by atoms with Gasteiger partial charge >= 0.3 is 0 Å². The van der Waals surface area contributed by atoms with E-state index in [0.29, 0.717) is 52.1 Å². The maximum absolute atomic E-state index is 14.9. The summed E-state index contributed by atoms with van der Waals surface area (Å²) < 4.78 is 47.2. The first-order chi connectivity index (χ1) is 19.3. The summed E-state index contributed by atoms with van der Waals surface area (Å²) in [7, 11) is 3.13. The van der Waals surface area contributed by atoms with E-state index in [1.54, 1.807) is 42.3 Å². The fraction of sp³-hybridized carbons (Fsp3) is 0.296. The Balaban J connectivity index is 1.45. The van der Waals surface area contributed by atoms with Crippen molar-refractivity contribution in [2.24, 2.45) is 10.7 Å². The van der Waals surface area contributed by atoms with Gasteiger partial charge < -0.3 is 30.2 Å². The number of benzene rings is 2. The topological polar surface area (TPSA) is 133 Å². The van der Waals surface area contributed by atoms with Gasteiger partial charge in [0, 0.05) is 24.7 Å². The lowest BCUT2D eigenvalue weighted by Gasteiger charge is -2.36. The van der Waals surface area contributed by atoms with Crippen LogP contribution in [0, 0.1) is 6.92 Å². The summed E-state index contributed by atoms with van der Waals surface area (Å²) in [5, 5.41) is 3.70. The number of ether oxygens (including phenoxy) is 3. The first-order valence-electron chi connectivity index (χ1n) is 12.4. The largest absolute Gasteiger partial charge is 0.493 e. The van der Waals surface area contributed by atoms with Gasteiger partial charge in [0.05, 0.1) is 30.9 Å². The second-order valence-corrected chi connectivity index (χ2v) is 9.31. The van der Waals surface area contributed by atoms with E-state index in [1.807, 2.05) is 13.0 Å². The lowest BCUT2D eigenvalue weighted by atomic mass is 10.0. The van der Waals surface area contributed by atoms with Crippen LogP contribution in [0.2, 0.25) is 0 Å². The van der Waals surface area contributed by atoms with Gasteiger partial charge in [0.15, 0.2) is 23.4 Å². The molecule has 13 heteroatoms. The highest BCUT2D eigenvalue weighted by molar-refractivity contribution is 5.97. The predicted octanol–water partition coefficient (Wildman–Crippen LogP) is 4.61. The molecule has 40 heavy (non-hydrogen) atoms. The van der Waals surface area contributed by atoms with Gasteiger partial charge in [-0.15, -0.1) is 0 Å². The number of rotatable bonds is 8. The van der Waals surface area contributed by atoms with Crippen LogP contribution in [0.5, 0.6) is 23.1 Å². The second kappa shape index (κ2) is 11.2. The zero-order valence-electron chi connectivity index (χ0n) is 22.1. The van der Waals surface area contributed by atoms with Gasteiger partial charge in [-0.05, 0) is 49.9 Å². The van der Waals surface area contributed by atoms with Gasteiger partial charge in [-0.3, -0.25) is 0 Å². The molecule has 0 spiro atoms. The molecule has 1 fully saturated rings. The molecule has 0 unspecified atom stereocenters. The molecule has 5 rings (SSSR count). The number of piperidine rings is 1. The van der Waals surface area contributed by atoms with E-state index >= 15 is 0 Å². The molecule has 2 aromatic heterocycles. The summed E-state index contributed by atoms with van der Waals surface area (Å²) in [6.45, 7) is 1.97. The van der Waals surface area contributed by atoms with Crippen molar-refractivity contribution in [2.45, 2.75) is 25.4 Å². The van der Waals surface area contributed by atoms with Gasteiger partial charge in [0.25, 0.3) is 5.92 Å². The van der Waals surface area contributed by atoms with Crippen LogP contribution < -0.4 is 25.3 Å². The monoisotopic (exact) mass is 550 g/mol. The minimum absolute atomic E-state index is 0.159. The molecule has 1 saturated heterocycles. The van der Waals surface area contributed by atoms with Crippen molar-refractivity contribution in [3.63, 3.8) is 0 Å². The molecule has 2 aromatic carbocycles. The Hall–Kier alpha value is -4.65. The molecule has 0 saturated carbocycles. The zero-order valence-corrected chi connectivity index (χ0v) is 22.1. The van der Waals surface area contributed by atoms with Crippen LogP contribution in [0.3, 0.4) is 0 Å². The molecule has 0 aliphatic carbocycles. The summed E-state index contributed by atoms with van der Waals surface area (Å²) in [5.74, 6) is -0.960. The summed E-state index contributed by atoms with van der Waals surface area (Å²) in [5.41, 5.74) is 7.32. The number of hydrogen-bond donors (Lipinski definition) is 2. The number of nitrogens with two attached hydrogens (primary N) is 1. The number of hydrogen-bond acceptors (Lipinski definition) is 10. The zero-order chi connectivity index (χ0) is 28.3. The van der Waals surface area contributed by atoms with Gasteiger partial charge in [-0.1, -0.05) is 0 Å². The van der Waals surface area contributed by atoms with E-state index in [2.05, 4.69) is 30.2 Å². The molecule has 1 atom stereocenters. The average Bonchev–Trinajstić information content (AvgIpc) is 2.92. The van der Waals surface area contributed by atoms with Crippen LogP contribution in [0.1, 0.15) is 12.0 Å². The first kappa shape index (κ1) is 26.9. The fourth-order valence-electron chi connectivity index (χ4n) is 4.48. The summed E-state index contributed by atoms with van der Waals surface area (Å²) in [6.07, 6.45) is 2.70. The van der Waals surface area contributed by atoms with Crippen molar-refractivity contribution >= 4 is 34.6 Å². The van der Waals surface area contributed by atoms with Crippen molar-refractivity contribution in [1.29, 1.82) is 0 Å². The Morgan fingerprint density at radius 3 is 2.65 bits per heavy atom. The molecule has 0 radical (unpaired) electrons. The number of nitrogens with zero attached hydrogens (tertiary/aromatic N) is 6. The van der Waals surface area contributed by atoms with Crippen molar-refractivity contribution in [2.75, 3.05) is 32.6 Å².